The largest absolute Gasteiger partial charge is 0.433 e. The molecule has 4 nitrogen and oxygen atoms in total. The van der Waals surface area contributed by atoms with E-state index in [4.69, 9.17) is 0 Å². The molecule has 130 valence electrons. The third-order valence-corrected chi connectivity index (χ3v) is 4.22. The average Bonchev–Trinajstić information content (AvgIpc) is 2.48. The normalized spacial score (nSPS) is 12.2. The smallest absolute Gasteiger partial charge is 0.416 e. The molecule has 0 amide bonds. The maximum absolute atomic E-state index is 12.5. The lowest BCUT2D eigenvalue weighted by Crippen LogP contribution is -2.15. The number of halogens is 5. The van der Waals surface area contributed by atoms with Crippen molar-refractivity contribution in [2.45, 2.75) is 17.7 Å². The van der Waals surface area contributed by atoms with Crippen LogP contribution in [0.5, 0.6) is 5.75 Å². The number of anilines is 1. The lowest BCUT2D eigenvalue weighted by atomic mass is 10.2. The fourth-order valence-electron chi connectivity index (χ4n) is 1.78. The van der Waals surface area contributed by atoms with E-state index in [2.05, 4.69) is 4.74 Å². The molecule has 0 aliphatic heterocycles. The first-order valence-electron chi connectivity index (χ1n) is 6.33. The highest BCUT2D eigenvalue weighted by molar-refractivity contribution is 7.92. The van der Waals surface area contributed by atoms with Crippen LogP contribution in [0.15, 0.2) is 53.4 Å². The molecule has 0 saturated carbocycles. The second-order valence-electron chi connectivity index (χ2n) is 4.50. The summed E-state index contributed by atoms with van der Waals surface area (Å²) in [6.45, 7) is -3.17. The van der Waals surface area contributed by atoms with Crippen LogP contribution >= 0.6 is 0 Å². The average molecular weight is 367 g/mol. The summed E-state index contributed by atoms with van der Waals surface area (Å²) < 4.78 is 92.6. The van der Waals surface area contributed by atoms with Crippen molar-refractivity contribution in [3.63, 3.8) is 0 Å². The van der Waals surface area contributed by atoms with Gasteiger partial charge in [-0.05, 0) is 36.4 Å². The molecular formula is C14H10F5NO3S. The van der Waals surface area contributed by atoms with Crippen LogP contribution in [0, 0.1) is 0 Å². The Morgan fingerprint density at radius 2 is 1.54 bits per heavy atom. The van der Waals surface area contributed by atoms with E-state index in [1.807, 2.05) is 4.72 Å². The molecule has 2 aromatic rings. The quantitative estimate of drug-likeness (QED) is 0.810. The fraction of sp³-hybridized carbons (Fsp3) is 0.143. The number of ether oxygens (including phenoxy) is 1. The molecule has 0 atom stereocenters. The van der Waals surface area contributed by atoms with Gasteiger partial charge >= 0.3 is 12.8 Å². The summed E-state index contributed by atoms with van der Waals surface area (Å²) >= 11 is 0. The van der Waals surface area contributed by atoms with Crippen LogP contribution in [-0.4, -0.2) is 15.0 Å². The van der Waals surface area contributed by atoms with Crippen molar-refractivity contribution in [2.75, 3.05) is 4.72 Å². The molecule has 0 radical (unpaired) electrons. The minimum Gasteiger partial charge on any atom is -0.433 e. The van der Waals surface area contributed by atoms with Gasteiger partial charge in [0.05, 0.1) is 16.1 Å². The number of benzene rings is 2. The minimum atomic E-state index is -4.60. The summed E-state index contributed by atoms with van der Waals surface area (Å²) in [4.78, 5) is -0.456. The van der Waals surface area contributed by atoms with Crippen LogP contribution in [0.4, 0.5) is 27.6 Å². The first-order valence-corrected chi connectivity index (χ1v) is 7.82. The monoisotopic (exact) mass is 367 g/mol. The highest BCUT2D eigenvalue weighted by Gasteiger charge is 2.30. The molecule has 0 bridgehead atoms. The molecule has 10 heteroatoms. The van der Waals surface area contributed by atoms with Gasteiger partial charge in [0.15, 0.2) is 0 Å². The fourth-order valence-corrected chi connectivity index (χ4v) is 2.85. The standard InChI is InChI=1S/C14H10F5NO3S/c15-13(16)23-12-4-2-1-3-11(12)20-24(21,22)10-7-5-9(6-8-10)14(17,18)19/h1-8,13,20H. The summed E-state index contributed by atoms with van der Waals surface area (Å²) in [7, 11) is -4.28. The van der Waals surface area contributed by atoms with Gasteiger partial charge in [0.1, 0.15) is 5.75 Å². The predicted octanol–water partition coefficient (Wildman–Crippen LogP) is 4.11. The molecule has 0 saturated heterocycles. The second kappa shape index (κ2) is 6.63. The van der Waals surface area contributed by atoms with E-state index in [0.717, 1.165) is 18.2 Å². The molecule has 0 aliphatic carbocycles. The van der Waals surface area contributed by atoms with Crippen molar-refractivity contribution in [1.29, 1.82) is 0 Å². The molecule has 0 spiro atoms. The Morgan fingerprint density at radius 3 is 2.08 bits per heavy atom. The van der Waals surface area contributed by atoms with Crippen LogP contribution in [0.1, 0.15) is 5.56 Å². The summed E-state index contributed by atoms with van der Waals surface area (Å²) in [5.74, 6) is -0.414. The Kier molecular flexibility index (Phi) is 4.97. The molecule has 0 unspecified atom stereocenters. The molecule has 1 N–H and O–H groups in total. The minimum absolute atomic E-state index is 0.266. The highest BCUT2D eigenvalue weighted by Crippen LogP contribution is 2.31. The molecule has 0 aliphatic rings. The number of nitrogens with one attached hydrogen (secondary N) is 1. The van der Waals surface area contributed by atoms with E-state index >= 15 is 0 Å². The first kappa shape index (κ1) is 18.0. The lowest BCUT2D eigenvalue weighted by molar-refractivity contribution is -0.137. The third kappa shape index (κ3) is 4.34. The van der Waals surface area contributed by atoms with Crippen LogP contribution < -0.4 is 9.46 Å². The molecular weight excluding hydrogens is 357 g/mol. The van der Waals surface area contributed by atoms with Gasteiger partial charge in [-0.1, -0.05) is 12.1 Å². The molecule has 0 fully saturated rings. The Hall–Kier alpha value is -2.36. The Bertz CT molecular complexity index is 804. The van der Waals surface area contributed by atoms with E-state index in [1.54, 1.807) is 0 Å². The van der Waals surface area contributed by atoms with E-state index in [9.17, 15) is 30.4 Å². The van der Waals surface area contributed by atoms with E-state index < -0.39 is 39.0 Å². The van der Waals surface area contributed by atoms with E-state index in [1.165, 1.54) is 18.2 Å². The van der Waals surface area contributed by atoms with E-state index in [0.29, 0.717) is 12.1 Å². The molecule has 24 heavy (non-hydrogen) atoms. The number of para-hydroxylation sites is 2. The topological polar surface area (TPSA) is 55.4 Å². The van der Waals surface area contributed by atoms with Crippen LogP contribution in [0.2, 0.25) is 0 Å². The van der Waals surface area contributed by atoms with Gasteiger partial charge in [0, 0.05) is 0 Å². The van der Waals surface area contributed by atoms with Crippen molar-refractivity contribution < 1.29 is 35.1 Å². The lowest BCUT2D eigenvalue weighted by Gasteiger charge is -2.13. The van der Waals surface area contributed by atoms with Gasteiger partial charge in [0.25, 0.3) is 10.0 Å². The van der Waals surface area contributed by atoms with Gasteiger partial charge in [-0.3, -0.25) is 4.72 Å². The van der Waals surface area contributed by atoms with Crippen molar-refractivity contribution in [3.05, 3.63) is 54.1 Å². The zero-order valence-electron chi connectivity index (χ0n) is 11.7. The Morgan fingerprint density at radius 1 is 0.958 bits per heavy atom. The number of hydrogen-bond acceptors (Lipinski definition) is 3. The zero-order chi connectivity index (χ0) is 18.0. The van der Waals surface area contributed by atoms with Crippen LogP contribution in [0.25, 0.3) is 0 Å². The molecule has 2 rings (SSSR count). The van der Waals surface area contributed by atoms with Crippen molar-refractivity contribution in [1.82, 2.24) is 0 Å². The van der Waals surface area contributed by atoms with Crippen LogP contribution in [-0.2, 0) is 16.2 Å². The Balaban J connectivity index is 2.29. The van der Waals surface area contributed by atoms with Gasteiger partial charge in [-0.15, -0.1) is 0 Å². The third-order valence-electron chi connectivity index (χ3n) is 2.84. The number of hydrogen-bond donors (Lipinski definition) is 1. The van der Waals surface area contributed by atoms with Crippen molar-refractivity contribution in [2.24, 2.45) is 0 Å². The number of sulfonamides is 1. The van der Waals surface area contributed by atoms with Crippen molar-refractivity contribution in [3.8, 4) is 5.75 Å². The summed E-state index contributed by atoms with van der Waals surface area (Å²) in [6.07, 6.45) is -4.60. The molecule has 0 aromatic heterocycles. The maximum atomic E-state index is 12.5. The summed E-state index contributed by atoms with van der Waals surface area (Å²) in [5, 5.41) is 0. The predicted molar refractivity (Wildman–Crippen MR) is 75.3 cm³/mol. The second-order valence-corrected chi connectivity index (χ2v) is 6.18. The summed E-state index contributed by atoms with van der Waals surface area (Å²) in [6, 6.07) is 7.78. The number of alkyl halides is 5. The Labute approximate surface area is 133 Å². The number of rotatable bonds is 5. The van der Waals surface area contributed by atoms with Crippen molar-refractivity contribution >= 4 is 15.7 Å². The highest BCUT2D eigenvalue weighted by atomic mass is 32.2. The first-order chi connectivity index (χ1) is 11.1. The van der Waals surface area contributed by atoms with Gasteiger partial charge in [-0.25, -0.2) is 8.42 Å². The molecule has 2 aromatic carbocycles. The summed E-state index contributed by atoms with van der Waals surface area (Å²) in [5.41, 5.74) is -1.28. The van der Waals surface area contributed by atoms with Crippen LogP contribution in [0.3, 0.4) is 0 Å². The maximum Gasteiger partial charge on any atom is 0.416 e. The van der Waals surface area contributed by atoms with Gasteiger partial charge in [-0.2, -0.15) is 22.0 Å². The molecule has 0 heterocycles. The van der Waals surface area contributed by atoms with Gasteiger partial charge in [0.2, 0.25) is 0 Å². The SMILES string of the molecule is O=S(=O)(Nc1ccccc1OC(F)F)c1ccc(C(F)(F)F)cc1. The van der Waals surface area contributed by atoms with Gasteiger partial charge < -0.3 is 4.74 Å². The zero-order valence-corrected chi connectivity index (χ0v) is 12.5. The van der Waals surface area contributed by atoms with E-state index in [-0.39, 0.29) is 5.69 Å².